The Morgan fingerprint density at radius 1 is 1.38 bits per heavy atom. The van der Waals surface area contributed by atoms with Crippen LogP contribution in [-0.2, 0) is 0 Å². The molecule has 88 valence electrons. The van der Waals surface area contributed by atoms with Crippen LogP contribution in [0.25, 0.3) is 0 Å². The standard InChI is InChI=1S/C10H14N2O3S/c13-6-2-1-3-7-16-10-5-4-9(8-11-10)12(14)15/h4-5,8,13H,1-3,6-7H2. The molecule has 0 fully saturated rings. The van der Waals surface area contributed by atoms with E-state index in [4.69, 9.17) is 5.11 Å². The summed E-state index contributed by atoms with van der Waals surface area (Å²) in [4.78, 5) is 13.9. The Morgan fingerprint density at radius 3 is 2.75 bits per heavy atom. The summed E-state index contributed by atoms with van der Waals surface area (Å²) >= 11 is 1.58. The Balaban J connectivity index is 2.29. The largest absolute Gasteiger partial charge is 0.396 e. The van der Waals surface area contributed by atoms with Gasteiger partial charge in [0.2, 0.25) is 0 Å². The fourth-order valence-corrected chi connectivity index (χ4v) is 1.98. The minimum absolute atomic E-state index is 0.0182. The van der Waals surface area contributed by atoms with E-state index in [1.165, 1.54) is 12.3 Å². The number of nitrogens with zero attached hydrogens (tertiary/aromatic N) is 2. The van der Waals surface area contributed by atoms with Crippen molar-refractivity contribution in [2.24, 2.45) is 0 Å². The van der Waals surface area contributed by atoms with Gasteiger partial charge in [-0.1, -0.05) is 6.42 Å². The molecule has 0 unspecified atom stereocenters. The Hall–Kier alpha value is -1.14. The summed E-state index contributed by atoms with van der Waals surface area (Å²) in [6.45, 7) is 0.237. The van der Waals surface area contributed by atoms with Crippen LogP contribution in [0.4, 0.5) is 5.69 Å². The van der Waals surface area contributed by atoms with E-state index in [1.807, 2.05) is 0 Å². The minimum Gasteiger partial charge on any atom is -0.396 e. The maximum atomic E-state index is 10.4. The number of hydrogen-bond acceptors (Lipinski definition) is 5. The second kappa shape index (κ2) is 7.19. The topological polar surface area (TPSA) is 76.3 Å². The van der Waals surface area contributed by atoms with Gasteiger partial charge in [-0.15, -0.1) is 11.8 Å². The molecule has 6 heteroatoms. The lowest BCUT2D eigenvalue weighted by atomic mass is 10.3. The third-order valence-corrected chi connectivity index (χ3v) is 3.01. The Morgan fingerprint density at radius 2 is 2.19 bits per heavy atom. The first kappa shape index (κ1) is 12.9. The summed E-state index contributed by atoms with van der Waals surface area (Å²) < 4.78 is 0. The van der Waals surface area contributed by atoms with Gasteiger partial charge in [-0.05, 0) is 24.7 Å². The molecule has 0 spiro atoms. The molecule has 0 aromatic carbocycles. The van der Waals surface area contributed by atoms with E-state index in [1.54, 1.807) is 17.8 Å². The summed E-state index contributed by atoms with van der Waals surface area (Å²) in [7, 11) is 0. The van der Waals surface area contributed by atoms with E-state index in [-0.39, 0.29) is 12.3 Å². The zero-order chi connectivity index (χ0) is 11.8. The number of aliphatic hydroxyl groups is 1. The number of aromatic nitrogens is 1. The second-order valence-corrected chi connectivity index (χ2v) is 4.36. The van der Waals surface area contributed by atoms with Gasteiger partial charge in [0.25, 0.3) is 5.69 Å². The molecule has 0 aliphatic rings. The normalized spacial score (nSPS) is 10.3. The average Bonchev–Trinajstić information content (AvgIpc) is 2.29. The molecule has 0 radical (unpaired) electrons. The molecular weight excluding hydrogens is 228 g/mol. The fraction of sp³-hybridized carbons (Fsp3) is 0.500. The van der Waals surface area contributed by atoms with Crippen molar-refractivity contribution >= 4 is 17.4 Å². The van der Waals surface area contributed by atoms with Crippen LogP contribution < -0.4 is 0 Å². The summed E-state index contributed by atoms with van der Waals surface area (Å²) in [6, 6.07) is 3.12. The van der Waals surface area contributed by atoms with E-state index in [0.717, 1.165) is 30.0 Å². The number of aliphatic hydroxyl groups excluding tert-OH is 1. The monoisotopic (exact) mass is 242 g/mol. The summed E-state index contributed by atoms with van der Waals surface area (Å²) in [5, 5.41) is 19.8. The molecule has 5 nitrogen and oxygen atoms in total. The van der Waals surface area contributed by atoms with Gasteiger partial charge in [-0.25, -0.2) is 4.98 Å². The second-order valence-electron chi connectivity index (χ2n) is 3.24. The van der Waals surface area contributed by atoms with Crippen LogP contribution in [0.2, 0.25) is 0 Å². The maximum absolute atomic E-state index is 10.4. The van der Waals surface area contributed by atoms with Gasteiger partial charge in [-0.3, -0.25) is 10.1 Å². The molecule has 0 aliphatic carbocycles. The first-order valence-corrected chi connectivity index (χ1v) is 6.06. The first-order chi connectivity index (χ1) is 7.74. The summed E-state index contributed by atoms with van der Waals surface area (Å²) in [6.07, 6.45) is 4.12. The van der Waals surface area contributed by atoms with Gasteiger partial charge in [-0.2, -0.15) is 0 Å². The highest BCUT2D eigenvalue weighted by molar-refractivity contribution is 7.99. The van der Waals surface area contributed by atoms with Gasteiger partial charge in [0, 0.05) is 12.7 Å². The van der Waals surface area contributed by atoms with Crippen molar-refractivity contribution in [3.63, 3.8) is 0 Å². The van der Waals surface area contributed by atoms with Gasteiger partial charge < -0.3 is 5.11 Å². The molecule has 0 bridgehead atoms. The van der Waals surface area contributed by atoms with Gasteiger partial charge in [0.15, 0.2) is 0 Å². The smallest absolute Gasteiger partial charge is 0.287 e. The molecule has 0 saturated heterocycles. The van der Waals surface area contributed by atoms with E-state index in [9.17, 15) is 10.1 Å². The number of unbranched alkanes of at least 4 members (excludes halogenated alkanes) is 2. The maximum Gasteiger partial charge on any atom is 0.287 e. The van der Waals surface area contributed by atoms with Crippen molar-refractivity contribution in [3.8, 4) is 0 Å². The Kier molecular flexibility index (Phi) is 5.81. The van der Waals surface area contributed by atoms with Crippen LogP contribution >= 0.6 is 11.8 Å². The molecule has 0 amide bonds. The SMILES string of the molecule is O=[N+]([O-])c1ccc(SCCCCCO)nc1. The molecule has 1 N–H and O–H groups in total. The Bertz CT molecular complexity index is 329. The Labute approximate surface area is 98.0 Å². The lowest BCUT2D eigenvalue weighted by Crippen LogP contribution is -1.90. The molecule has 1 aromatic heterocycles. The molecular formula is C10H14N2O3S. The number of rotatable bonds is 7. The van der Waals surface area contributed by atoms with Crippen molar-refractivity contribution in [1.29, 1.82) is 0 Å². The predicted molar refractivity (Wildman–Crippen MR) is 62.6 cm³/mol. The summed E-state index contributed by atoms with van der Waals surface area (Å²) in [5.41, 5.74) is 0.0182. The van der Waals surface area contributed by atoms with Crippen LogP contribution in [0.3, 0.4) is 0 Å². The van der Waals surface area contributed by atoms with Crippen LogP contribution in [-0.4, -0.2) is 27.4 Å². The molecule has 0 atom stereocenters. The quantitative estimate of drug-likeness (QED) is 0.343. The zero-order valence-corrected chi connectivity index (χ0v) is 9.65. The highest BCUT2D eigenvalue weighted by atomic mass is 32.2. The van der Waals surface area contributed by atoms with E-state index < -0.39 is 4.92 Å². The van der Waals surface area contributed by atoms with E-state index in [2.05, 4.69) is 4.98 Å². The van der Waals surface area contributed by atoms with Gasteiger partial charge in [0.1, 0.15) is 6.20 Å². The van der Waals surface area contributed by atoms with Crippen LogP contribution in [0.15, 0.2) is 23.4 Å². The molecule has 1 aromatic rings. The zero-order valence-electron chi connectivity index (χ0n) is 8.83. The van der Waals surface area contributed by atoms with Crippen molar-refractivity contribution in [1.82, 2.24) is 4.98 Å². The van der Waals surface area contributed by atoms with Crippen LogP contribution in [0.5, 0.6) is 0 Å². The highest BCUT2D eigenvalue weighted by Crippen LogP contribution is 2.19. The molecule has 16 heavy (non-hydrogen) atoms. The van der Waals surface area contributed by atoms with E-state index in [0.29, 0.717) is 0 Å². The van der Waals surface area contributed by atoms with Crippen LogP contribution in [0, 0.1) is 10.1 Å². The molecule has 0 saturated carbocycles. The van der Waals surface area contributed by atoms with Crippen LogP contribution in [0.1, 0.15) is 19.3 Å². The van der Waals surface area contributed by atoms with Gasteiger partial charge in [0.05, 0.1) is 9.95 Å². The number of nitro groups is 1. The van der Waals surface area contributed by atoms with Gasteiger partial charge >= 0.3 is 0 Å². The van der Waals surface area contributed by atoms with E-state index >= 15 is 0 Å². The number of thioether (sulfide) groups is 1. The third-order valence-electron chi connectivity index (χ3n) is 1.98. The first-order valence-electron chi connectivity index (χ1n) is 5.08. The highest BCUT2D eigenvalue weighted by Gasteiger charge is 2.04. The number of hydrogen-bond donors (Lipinski definition) is 1. The minimum atomic E-state index is -0.456. The van der Waals surface area contributed by atoms with Crippen molar-refractivity contribution in [2.45, 2.75) is 24.3 Å². The van der Waals surface area contributed by atoms with Crippen molar-refractivity contribution < 1.29 is 10.0 Å². The fourth-order valence-electron chi connectivity index (χ4n) is 1.13. The van der Waals surface area contributed by atoms with Crippen molar-refractivity contribution in [3.05, 3.63) is 28.4 Å². The molecule has 1 heterocycles. The average molecular weight is 242 g/mol. The summed E-state index contributed by atoms with van der Waals surface area (Å²) in [5.74, 6) is 0.921. The molecule has 0 aliphatic heterocycles. The lowest BCUT2D eigenvalue weighted by Gasteiger charge is -2.00. The molecule has 1 rings (SSSR count). The third kappa shape index (κ3) is 4.59. The number of pyridine rings is 1. The predicted octanol–water partition coefficient (Wildman–Crippen LogP) is 2.24. The van der Waals surface area contributed by atoms with Crippen molar-refractivity contribution in [2.75, 3.05) is 12.4 Å². The lowest BCUT2D eigenvalue weighted by molar-refractivity contribution is -0.385.